The first-order valence-electron chi connectivity index (χ1n) is 9.24. The molecular weight excluding hydrogens is 377 g/mol. The van der Waals surface area contributed by atoms with Crippen LogP contribution < -0.4 is 15.5 Å². The zero-order chi connectivity index (χ0) is 20.4. The number of nitrogens with zero attached hydrogens (tertiary/aromatic N) is 1. The number of hydrogen-bond donors (Lipinski definition) is 2. The predicted octanol–water partition coefficient (Wildman–Crippen LogP) is 3.10. The van der Waals surface area contributed by atoms with Crippen LogP contribution in [0, 0.1) is 5.82 Å². The fraction of sp³-hybridized carbons (Fsp3) is 0.333. The molecule has 150 valence electrons. The lowest BCUT2D eigenvalue weighted by Crippen LogP contribution is -2.41. The summed E-state index contributed by atoms with van der Waals surface area (Å²) in [6.45, 7) is 3.27. The number of anilines is 1. The lowest BCUT2D eigenvalue weighted by atomic mass is 10.2. The third-order valence-corrected chi connectivity index (χ3v) is 5.11. The van der Waals surface area contributed by atoms with Crippen molar-refractivity contribution in [1.82, 2.24) is 10.6 Å². The van der Waals surface area contributed by atoms with Crippen LogP contribution in [0.5, 0.6) is 0 Å². The van der Waals surface area contributed by atoms with Gasteiger partial charge in [-0.25, -0.2) is 4.39 Å². The number of carbonyl (C=O) groups is 2. The number of hydrogen-bond acceptors (Lipinski definition) is 5. The third-order valence-electron chi connectivity index (χ3n) is 4.04. The third kappa shape index (κ3) is 6.98. The van der Waals surface area contributed by atoms with Gasteiger partial charge in [-0.2, -0.15) is 0 Å². The van der Waals surface area contributed by atoms with E-state index in [9.17, 15) is 14.0 Å². The molecule has 0 saturated carbocycles. The summed E-state index contributed by atoms with van der Waals surface area (Å²) in [6, 6.07) is 13.9. The molecule has 2 aromatic carbocycles. The minimum Gasteiger partial charge on any atom is -0.354 e. The van der Waals surface area contributed by atoms with Crippen LogP contribution in [-0.2, 0) is 9.59 Å². The van der Waals surface area contributed by atoms with Crippen molar-refractivity contribution < 1.29 is 14.0 Å². The van der Waals surface area contributed by atoms with E-state index in [1.54, 1.807) is 17.0 Å². The number of benzene rings is 2. The number of halogens is 1. The fourth-order valence-corrected chi connectivity index (χ4v) is 3.52. The number of carbonyl (C=O) groups excluding carboxylic acids is 2. The highest BCUT2D eigenvalue weighted by Crippen LogP contribution is 2.35. The molecule has 0 heterocycles. The van der Waals surface area contributed by atoms with E-state index in [1.165, 1.54) is 23.9 Å². The summed E-state index contributed by atoms with van der Waals surface area (Å²) >= 11 is 1.47. The second-order valence-corrected chi connectivity index (χ2v) is 7.34. The maximum atomic E-state index is 13.2. The monoisotopic (exact) mass is 403 g/mol. The van der Waals surface area contributed by atoms with E-state index in [0.717, 1.165) is 15.5 Å². The van der Waals surface area contributed by atoms with Crippen LogP contribution in [0.15, 0.2) is 58.3 Å². The molecule has 28 heavy (non-hydrogen) atoms. The fourth-order valence-electron chi connectivity index (χ4n) is 2.54. The quantitative estimate of drug-likeness (QED) is 0.565. The number of ketones is 1. The normalized spacial score (nSPS) is 10.5. The number of likely N-dealkylation sites (N-methyl/N-ethyl adjacent to an activating group) is 1. The highest BCUT2D eigenvalue weighted by molar-refractivity contribution is 7.99. The van der Waals surface area contributed by atoms with Crippen LogP contribution >= 0.6 is 11.8 Å². The summed E-state index contributed by atoms with van der Waals surface area (Å²) in [5.41, 5.74) is 0.808. The van der Waals surface area contributed by atoms with Crippen molar-refractivity contribution in [3.05, 3.63) is 54.3 Å². The van der Waals surface area contributed by atoms with E-state index in [0.29, 0.717) is 19.5 Å². The smallest absolute Gasteiger partial charge is 0.239 e. The molecule has 2 N–H and O–H groups in total. The number of rotatable bonds is 11. The van der Waals surface area contributed by atoms with Gasteiger partial charge in [-0.05, 0) is 43.4 Å². The first-order chi connectivity index (χ1) is 13.5. The molecule has 0 aromatic heterocycles. The lowest BCUT2D eigenvalue weighted by molar-refractivity contribution is -0.119. The summed E-state index contributed by atoms with van der Waals surface area (Å²) in [5, 5.41) is 5.82. The second kappa shape index (κ2) is 11.5. The van der Waals surface area contributed by atoms with Crippen molar-refractivity contribution in [1.29, 1.82) is 0 Å². The average Bonchev–Trinajstić information content (AvgIpc) is 2.70. The number of Topliss-reactive ketones (excluding diaryl/α,β-unsaturated/α-hetero) is 1. The molecule has 7 heteroatoms. The van der Waals surface area contributed by atoms with E-state index < -0.39 is 0 Å². The lowest BCUT2D eigenvalue weighted by Gasteiger charge is -2.25. The van der Waals surface area contributed by atoms with Crippen molar-refractivity contribution in [2.24, 2.45) is 0 Å². The van der Waals surface area contributed by atoms with Crippen LogP contribution in [0.4, 0.5) is 10.1 Å². The van der Waals surface area contributed by atoms with Crippen molar-refractivity contribution in [3.8, 4) is 0 Å². The summed E-state index contributed by atoms with van der Waals surface area (Å²) < 4.78 is 13.2. The van der Waals surface area contributed by atoms with E-state index in [-0.39, 0.29) is 30.6 Å². The number of amides is 1. The summed E-state index contributed by atoms with van der Waals surface area (Å²) in [5.74, 6) is -0.364. The van der Waals surface area contributed by atoms with Crippen LogP contribution in [0.1, 0.15) is 13.3 Å². The maximum absolute atomic E-state index is 13.2. The van der Waals surface area contributed by atoms with Crippen molar-refractivity contribution >= 4 is 29.1 Å². The summed E-state index contributed by atoms with van der Waals surface area (Å²) in [6.07, 6.45) is 0.408. The number of nitrogens with one attached hydrogen (secondary N) is 2. The van der Waals surface area contributed by atoms with Gasteiger partial charge < -0.3 is 15.5 Å². The molecule has 2 aromatic rings. The first kappa shape index (κ1) is 21.9. The van der Waals surface area contributed by atoms with Gasteiger partial charge in [0.05, 0.1) is 18.8 Å². The van der Waals surface area contributed by atoms with Gasteiger partial charge in [-0.3, -0.25) is 9.59 Å². The first-order valence-corrected chi connectivity index (χ1v) is 10.1. The SMILES string of the molecule is CCC(=O)CN(CC(=O)NCCNC)c1ccccc1Sc1ccc(F)cc1. The van der Waals surface area contributed by atoms with Crippen LogP contribution in [-0.4, -0.2) is 44.9 Å². The largest absolute Gasteiger partial charge is 0.354 e. The van der Waals surface area contributed by atoms with E-state index in [4.69, 9.17) is 0 Å². The van der Waals surface area contributed by atoms with Gasteiger partial charge in [0.25, 0.3) is 0 Å². The minimum atomic E-state index is -0.286. The summed E-state index contributed by atoms with van der Waals surface area (Å²) in [7, 11) is 1.82. The van der Waals surface area contributed by atoms with E-state index >= 15 is 0 Å². The second-order valence-electron chi connectivity index (χ2n) is 6.23. The van der Waals surface area contributed by atoms with E-state index in [2.05, 4.69) is 10.6 Å². The van der Waals surface area contributed by atoms with Crippen LogP contribution in [0.3, 0.4) is 0 Å². The molecule has 0 saturated heterocycles. The maximum Gasteiger partial charge on any atom is 0.239 e. The summed E-state index contributed by atoms with van der Waals surface area (Å²) in [4.78, 5) is 28.0. The highest BCUT2D eigenvalue weighted by Gasteiger charge is 2.18. The Kier molecular flexibility index (Phi) is 8.97. The molecule has 0 aliphatic heterocycles. The Morgan fingerprint density at radius 2 is 1.75 bits per heavy atom. The zero-order valence-electron chi connectivity index (χ0n) is 16.2. The highest BCUT2D eigenvalue weighted by atomic mass is 32.2. The molecular formula is C21H26FN3O2S. The Hall–Kier alpha value is -2.38. The zero-order valence-corrected chi connectivity index (χ0v) is 17.0. The van der Waals surface area contributed by atoms with Gasteiger partial charge in [0.2, 0.25) is 5.91 Å². The number of para-hydroxylation sites is 1. The standard InChI is InChI=1S/C21H26FN3O2S/c1-3-17(26)14-25(15-21(27)24-13-12-23-2)19-6-4-5-7-20(19)28-18-10-8-16(22)9-11-18/h4-11,23H,3,12-15H2,1-2H3,(H,24,27). The van der Waals surface area contributed by atoms with Crippen molar-refractivity contribution in [2.75, 3.05) is 38.1 Å². The Labute approximate surface area is 169 Å². The van der Waals surface area contributed by atoms with Crippen molar-refractivity contribution in [3.63, 3.8) is 0 Å². The molecule has 0 atom stereocenters. The molecule has 0 fully saturated rings. The van der Waals surface area contributed by atoms with Gasteiger partial charge in [-0.15, -0.1) is 0 Å². The Morgan fingerprint density at radius 3 is 2.43 bits per heavy atom. The Morgan fingerprint density at radius 1 is 1.04 bits per heavy atom. The van der Waals surface area contributed by atoms with Crippen LogP contribution in [0.25, 0.3) is 0 Å². The van der Waals surface area contributed by atoms with Crippen LogP contribution in [0.2, 0.25) is 0 Å². The molecule has 0 unspecified atom stereocenters. The molecule has 0 aliphatic rings. The average molecular weight is 404 g/mol. The topological polar surface area (TPSA) is 61.4 Å². The molecule has 0 spiro atoms. The predicted molar refractivity (Wildman–Crippen MR) is 111 cm³/mol. The minimum absolute atomic E-state index is 0.0598. The van der Waals surface area contributed by atoms with Gasteiger partial charge in [0, 0.05) is 29.3 Å². The van der Waals surface area contributed by atoms with Gasteiger partial charge in [0.1, 0.15) is 5.82 Å². The van der Waals surface area contributed by atoms with E-state index in [1.807, 2.05) is 38.2 Å². The molecule has 0 bridgehead atoms. The van der Waals surface area contributed by atoms with Gasteiger partial charge >= 0.3 is 0 Å². The molecule has 2 rings (SSSR count). The Bertz CT molecular complexity index is 783. The van der Waals surface area contributed by atoms with Crippen molar-refractivity contribution in [2.45, 2.75) is 23.1 Å². The van der Waals surface area contributed by atoms with Gasteiger partial charge in [-0.1, -0.05) is 30.8 Å². The molecule has 0 radical (unpaired) electrons. The molecule has 0 aliphatic carbocycles. The molecule has 5 nitrogen and oxygen atoms in total. The van der Waals surface area contributed by atoms with Gasteiger partial charge in [0.15, 0.2) is 5.78 Å². The Balaban J connectivity index is 2.22. The molecule has 1 amide bonds.